The fourth-order valence-corrected chi connectivity index (χ4v) is 1.52. The van der Waals surface area contributed by atoms with Crippen molar-refractivity contribution in [2.75, 3.05) is 13.3 Å². The van der Waals surface area contributed by atoms with Gasteiger partial charge in [0.2, 0.25) is 0 Å². The van der Waals surface area contributed by atoms with Crippen LogP contribution in [0.15, 0.2) is 0 Å². The molecule has 3 nitrogen and oxygen atoms in total. The van der Waals surface area contributed by atoms with Gasteiger partial charge in [-0.25, -0.2) is 8.42 Å². The van der Waals surface area contributed by atoms with Crippen molar-refractivity contribution in [2.24, 2.45) is 0 Å². The van der Waals surface area contributed by atoms with Crippen molar-refractivity contribution in [1.82, 2.24) is 5.32 Å². The normalized spacial score (nSPS) is 12.4. The van der Waals surface area contributed by atoms with Crippen LogP contribution in [0.25, 0.3) is 0 Å². The predicted octanol–water partition coefficient (Wildman–Crippen LogP) is 0.150. The highest BCUT2D eigenvalue weighted by molar-refractivity contribution is 7.93. The maximum Gasteiger partial charge on any atom is 0.169 e. The molecule has 0 fully saturated rings. The molecule has 0 aromatic rings. The molecule has 0 saturated heterocycles. The maximum atomic E-state index is 10.7. The minimum absolute atomic E-state index is 0.391. The van der Waals surface area contributed by atoms with E-state index < -0.39 is 9.84 Å². The lowest BCUT2D eigenvalue weighted by atomic mass is 10.5. The minimum Gasteiger partial charge on any atom is -0.299 e. The smallest absolute Gasteiger partial charge is 0.169 e. The first-order chi connectivity index (χ1) is 4.02. The van der Waals surface area contributed by atoms with Crippen LogP contribution in [0, 0.1) is 5.37 Å². The molecule has 0 spiro atoms. The molecule has 0 aromatic carbocycles. The zero-order chi connectivity index (χ0) is 7.49. The first-order valence-electron chi connectivity index (χ1n) is 2.76. The van der Waals surface area contributed by atoms with Crippen LogP contribution in [-0.4, -0.2) is 21.7 Å². The molecule has 0 saturated carbocycles. The largest absolute Gasteiger partial charge is 0.299 e. The Balaban J connectivity index is 4.14. The quantitative estimate of drug-likeness (QED) is 0.623. The second kappa shape index (κ2) is 3.17. The van der Waals surface area contributed by atoms with Gasteiger partial charge in [0.1, 0.15) is 0 Å². The van der Waals surface area contributed by atoms with E-state index in [1.807, 2.05) is 0 Å². The molecule has 0 heterocycles. The van der Waals surface area contributed by atoms with Gasteiger partial charge in [0.05, 0.1) is 0 Å². The van der Waals surface area contributed by atoms with Crippen LogP contribution in [0.1, 0.15) is 13.3 Å². The monoisotopic (exact) mass is 150 g/mol. The van der Waals surface area contributed by atoms with Crippen molar-refractivity contribution < 1.29 is 8.42 Å². The van der Waals surface area contributed by atoms with Crippen LogP contribution in [-0.2, 0) is 9.84 Å². The summed E-state index contributed by atoms with van der Waals surface area (Å²) >= 11 is 0. The predicted molar refractivity (Wildman–Crippen MR) is 37.4 cm³/mol. The summed E-state index contributed by atoms with van der Waals surface area (Å²) in [7, 11) is -1.35. The molecule has 1 radical (unpaired) electrons. The third-order valence-corrected chi connectivity index (χ3v) is 2.44. The van der Waals surface area contributed by atoms with Gasteiger partial charge in [-0.2, -0.15) is 0 Å². The summed E-state index contributed by atoms with van der Waals surface area (Å²) < 4.78 is 21.4. The average molecular weight is 150 g/mol. The van der Waals surface area contributed by atoms with E-state index in [1.165, 1.54) is 6.26 Å². The molecule has 0 rings (SSSR count). The summed E-state index contributed by atoms with van der Waals surface area (Å²) in [6, 6.07) is 0. The standard InChI is InChI=1S/C5H12NO2S/c1-4-5(6-2)9(3,7)8/h6H,4H2,1-3H3. The van der Waals surface area contributed by atoms with Crippen molar-refractivity contribution in [1.29, 1.82) is 0 Å². The Morgan fingerprint density at radius 3 is 2.00 bits per heavy atom. The summed E-state index contributed by atoms with van der Waals surface area (Å²) in [6.45, 7) is 1.80. The van der Waals surface area contributed by atoms with Gasteiger partial charge in [0.25, 0.3) is 0 Å². The molecule has 0 amide bonds. The van der Waals surface area contributed by atoms with Crippen molar-refractivity contribution in [3.05, 3.63) is 5.37 Å². The Kier molecular flexibility index (Phi) is 3.14. The molecule has 0 aliphatic carbocycles. The zero-order valence-corrected chi connectivity index (χ0v) is 6.75. The fourth-order valence-electron chi connectivity index (χ4n) is 0.624. The van der Waals surface area contributed by atoms with Gasteiger partial charge in [0.15, 0.2) is 15.2 Å². The van der Waals surface area contributed by atoms with Crippen LogP contribution in [0.5, 0.6) is 0 Å². The van der Waals surface area contributed by atoms with E-state index in [-0.39, 0.29) is 0 Å². The molecule has 0 aromatic heterocycles. The zero-order valence-electron chi connectivity index (χ0n) is 5.93. The Hall–Kier alpha value is -0.0900. The van der Waals surface area contributed by atoms with Gasteiger partial charge in [-0.1, -0.05) is 6.92 Å². The Bertz CT molecular complexity index is 158. The number of hydrogen-bond acceptors (Lipinski definition) is 3. The van der Waals surface area contributed by atoms with Crippen LogP contribution in [0.2, 0.25) is 0 Å². The molecular formula is C5H12NO2S. The van der Waals surface area contributed by atoms with Gasteiger partial charge in [-0.3, -0.25) is 5.32 Å². The number of sulfone groups is 1. The van der Waals surface area contributed by atoms with E-state index in [9.17, 15) is 8.42 Å². The van der Waals surface area contributed by atoms with Gasteiger partial charge < -0.3 is 0 Å². The van der Waals surface area contributed by atoms with Crippen LogP contribution >= 0.6 is 0 Å². The molecule has 9 heavy (non-hydrogen) atoms. The fraction of sp³-hybridized carbons (Fsp3) is 0.800. The Labute approximate surface area is 56.4 Å². The van der Waals surface area contributed by atoms with E-state index in [0.29, 0.717) is 11.8 Å². The Morgan fingerprint density at radius 1 is 1.56 bits per heavy atom. The summed E-state index contributed by atoms with van der Waals surface area (Å²) in [5.41, 5.74) is 0. The van der Waals surface area contributed by atoms with Crippen molar-refractivity contribution >= 4 is 9.84 Å². The molecule has 0 aliphatic heterocycles. The summed E-state index contributed by atoms with van der Waals surface area (Å²) in [5.74, 6) is 0. The van der Waals surface area contributed by atoms with E-state index >= 15 is 0 Å². The summed E-state index contributed by atoms with van der Waals surface area (Å²) in [5, 5.41) is 3.01. The lowest BCUT2D eigenvalue weighted by molar-refractivity contribution is 0.592. The molecule has 0 atom stereocenters. The molecule has 55 valence electrons. The lowest BCUT2D eigenvalue weighted by Gasteiger charge is -2.07. The molecule has 0 aliphatic rings. The van der Waals surface area contributed by atoms with Crippen LogP contribution in [0.3, 0.4) is 0 Å². The second-order valence-electron chi connectivity index (χ2n) is 1.80. The van der Waals surface area contributed by atoms with E-state index in [1.54, 1.807) is 14.0 Å². The molecular weight excluding hydrogens is 138 g/mol. The van der Waals surface area contributed by atoms with E-state index in [0.717, 1.165) is 0 Å². The van der Waals surface area contributed by atoms with E-state index in [4.69, 9.17) is 0 Å². The SMILES string of the molecule is CC[C](NC)S(C)(=O)=O. The highest BCUT2D eigenvalue weighted by Gasteiger charge is 2.16. The molecule has 1 N–H and O–H groups in total. The third-order valence-electron chi connectivity index (χ3n) is 1.05. The molecule has 0 bridgehead atoms. The first-order valence-corrected chi connectivity index (χ1v) is 4.65. The van der Waals surface area contributed by atoms with Crippen molar-refractivity contribution in [3.63, 3.8) is 0 Å². The summed E-state index contributed by atoms with van der Waals surface area (Å²) in [6.07, 6.45) is 1.73. The number of nitrogens with one attached hydrogen (secondary N) is 1. The van der Waals surface area contributed by atoms with Crippen LogP contribution < -0.4 is 5.32 Å². The average Bonchev–Trinajstić information content (AvgIpc) is 1.65. The molecule has 0 unspecified atom stereocenters. The van der Waals surface area contributed by atoms with Crippen LogP contribution in [0.4, 0.5) is 0 Å². The highest BCUT2D eigenvalue weighted by atomic mass is 32.2. The van der Waals surface area contributed by atoms with Gasteiger partial charge in [0, 0.05) is 6.26 Å². The topological polar surface area (TPSA) is 46.2 Å². The van der Waals surface area contributed by atoms with Gasteiger partial charge in [-0.15, -0.1) is 0 Å². The third kappa shape index (κ3) is 2.81. The maximum absolute atomic E-state index is 10.7. The highest BCUT2D eigenvalue weighted by Crippen LogP contribution is 2.06. The number of hydrogen-bond donors (Lipinski definition) is 1. The minimum atomic E-state index is -2.96. The second-order valence-corrected chi connectivity index (χ2v) is 3.84. The van der Waals surface area contributed by atoms with Crippen molar-refractivity contribution in [3.8, 4) is 0 Å². The number of rotatable bonds is 3. The molecule has 4 heteroatoms. The lowest BCUT2D eigenvalue weighted by Crippen LogP contribution is -2.23. The summed E-state index contributed by atoms with van der Waals surface area (Å²) in [4.78, 5) is 0. The van der Waals surface area contributed by atoms with Gasteiger partial charge >= 0.3 is 0 Å². The first kappa shape index (κ1) is 8.91. The van der Waals surface area contributed by atoms with Gasteiger partial charge in [-0.05, 0) is 13.5 Å². The van der Waals surface area contributed by atoms with E-state index in [2.05, 4.69) is 5.32 Å². The Morgan fingerprint density at radius 2 is 2.00 bits per heavy atom. The van der Waals surface area contributed by atoms with Crippen molar-refractivity contribution in [2.45, 2.75) is 13.3 Å².